The van der Waals surface area contributed by atoms with Crippen LogP contribution in [0.1, 0.15) is 6.92 Å². The van der Waals surface area contributed by atoms with E-state index in [1.54, 1.807) is 13.0 Å². The van der Waals surface area contributed by atoms with Gasteiger partial charge in [-0.25, -0.2) is 4.79 Å². The first-order valence-corrected chi connectivity index (χ1v) is 4.31. The van der Waals surface area contributed by atoms with Crippen LogP contribution in [0.5, 0.6) is 0 Å². The van der Waals surface area contributed by atoms with E-state index in [0.717, 1.165) is 0 Å². The monoisotopic (exact) mass is 201 g/mol. The van der Waals surface area contributed by atoms with Gasteiger partial charge < -0.3 is 14.8 Å². The van der Waals surface area contributed by atoms with Crippen LogP contribution in [0.25, 0.3) is 0 Å². The van der Waals surface area contributed by atoms with Gasteiger partial charge in [-0.1, -0.05) is 6.08 Å². The fourth-order valence-corrected chi connectivity index (χ4v) is 0.675. The molecule has 0 rings (SSSR count). The van der Waals surface area contributed by atoms with Gasteiger partial charge in [-0.15, -0.1) is 0 Å². The Balaban J connectivity index is 3.44. The number of nitrogens with one attached hydrogen (secondary N) is 1. The number of carbonyl (C=O) groups is 2. The third-order valence-electron chi connectivity index (χ3n) is 1.30. The summed E-state index contributed by atoms with van der Waals surface area (Å²) in [6.07, 6.45) is 2.90. The lowest BCUT2D eigenvalue weighted by Gasteiger charge is -1.98. The maximum Gasteiger partial charge on any atom is 0.330 e. The van der Waals surface area contributed by atoms with E-state index < -0.39 is 0 Å². The van der Waals surface area contributed by atoms with E-state index in [2.05, 4.69) is 14.8 Å². The molecule has 0 radical (unpaired) electrons. The standard InChI is InChI=1S/C9H15NO4/c1-3-14-8(11)5-4-6-10-7-9(12)13-2/h4-5,10H,3,6-7H2,1-2H3/b5-4+. The number of hydrogen-bond acceptors (Lipinski definition) is 5. The molecule has 5 nitrogen and oxygen atoms in total. The van der Waals surface area contributed by atoms with Gasteiger partial charge >= 0.3 is 11.9 Å². The lowest BCUT2D eigenvalue weighted by Crippen LogP contribution is -2.23. The van der Waals surface area contributed by atoms with Gasteiger partial charge in [0.25, 0.3) is 0 Å². The van der Waals surface area contributed by atoms with Gasteiger partial charge in [-0.2, -0.15) is 0 Å². The van der Waals surface area contributed by atoms with Crippen molar-refractivity contribution in [1.29, 1.82) is 0 Å². The Hall–Kier alpha value is -1.36. The summed E-state index contributed by atoms with van der Waals surface area (Å²) < 4.78 is 9.04. The van der Waals surface area contributed by atoms with Gasteiger partial charge in [-0.05, 0) is 6.92 Å². The van der Waals surface area contributed by atoms with Crippen LogP contribution >= 0.6 is 0 Å². The Bertz CT molecular complexity index is 213. The Labute approximate surface area is 83.1 Å². The summed E-state index contributed by atoms with van der Waals surface area (Å²) >= 11 is 0. The molecule has 0 saturated carbocycles. The zero-order valence-corrected chi connectivity index (χ0v) is 8.41. The largest absolute Gasteiger partial charge is 0.468 e. The smallest absolute Gasteiger partial charge is 0.330 e. The molecule has 1 N–H and O–H groups in total. The Morgan fingerprint density at radius 3 is 2.71 bits per heavy atom. The van der Waals surface area contributed by atoms with Crippen LogP contribution in [0, 0.1) is 0 Å². The molecule has 0 aliphatic rings. The molecule has 0 aromatic carbocycles. The Morgan fingerprint density at radius 2 is 2.14 bits per heavy atom. The first-order chi connectivity index (χ1) is 6.70. The van der Waals surface area contributed by atoms with E-state index in [1.165, 1.54) is 13.2 Å². The SMILES string of the molecule is CCOC(=O)/C=C/CNCC(=O)OC. The molecule has 0 amide bonds. The topological polar surface area (TPSA) is 64.6 Å². The third kappa shape index (κ3) is 7.30. The summed E-state index contributed by atoms with van der Waals surface area (Å²) in [7, 11) is 1.32. The van der Waals surface area contributed by atoms with Crippen molar-refractivity contribution in [3.8, 4) is 0 Å². The molecule has 0 aliphatic heterocycles. The highest BCUT2D eigenvalue weighted by Gasteiger charge is 1.96. The molecule has 0 spiro atoms. The second-order valence-electron chi connectivity index (χ2n) is 2.36. The van der Waals surface area contributed by atoms with Crippen LogP contribution in [0.2, 0.25) is 0 Å². The van der Waals surface area contributed by atoms with E-state index in [9.17, 15) is 9.59 Å². The van der Waals surface area contributed by atoms with Crippen molar-refractivity contribution in [1.82, 2.24) is 5.32 Å². The second kappa shape index (κ2) is 8.25. The number of hydrogen-bond donors (Lipinski definition) is 1. The summed E-state index contributed by atoms with van der Waals surface area (Å²) in [5.74, 6) is -0.720. The average Bonchev–Trinajstić information content (AvgIpc) is 2.17. The van der Waals surface area contributed by atoms with Crippen molar-refractivity contribution in [3.05, 3.63) is 12.2 Å². The summed E-state index contributed by atoms with van der Waals surface area (Å²) in [6, 6.07) is 0. The lowest BCUT2D eigenvalue weighted by molar-refractivity contribution is -0.139. The molecule has 0 saturated heterocycles. The van der Waals surface area contributed by atoms with E-state index in [1.807, 2.05) is 0 Å². The molecule has 0 unspecified atom stereocenters. The van der Waals surface area contributed by atoms with Crippen molar-refractivity contribution in [2.45, 2.75) is 6.92 Å². The molecule has 80 valence electrons. The van der Waals surface area contributed by atoms with Gasteiger partial charge in [0, 0.05) is 12.6 Å². The van der Waals surface area contributed by atoms with Crippen molar-refractivity contribution >= 4 is 11.9 Å². The molecule has 5 heteroatoms. The average molecular weight is 201 g/mol. The number of esters is 2. The maximum absolute atomic E-state index is 10.8. The molecule has 0 bridgehead atoms. The second-order valence-corrected chi connectivity index (χ2v) is 2.36. The predicted octanol–water partition coefficient (Wildman–Crippen LogP) is -0.132. The van der Waals surface area contributed by atoms with Crippen LogP contribution in [0.3, 0.4) is 0 Å². The van der Waals surface area contributed by atoms with Gasteiger partial charge in [0.1, 0.15) is 0 Å². The van der Waals surface area contributed by atoms with Crippen LogP contribution in [0.4, 0.5) is 0 Å². The minimum atomic E-state index is -0.382. The molecule has 14 heavy (non-hydrogen) atoms. The number of rotatable bonds is 6. The number of ether oxygens (including phenoxy) is 2. The highest BCUT2D eigenvalue weighted by molar-refractivity contribution is 5.81. The normalized spacial score (nSPS) is 10.1. The zero-order chi connectivity index (χ0) is 10.8. The third-order valence-corrected chi connectivity index (χ3v) is 1.30. The highest BCUT2D eigenvalue weighted by atomic mass is 16.5. The molecule has 0 fully saturated rings. The maximum atomic E-state index is 10.8. The van der Waals surface area contributed by atoms with Gasteiger partial charge in [0.15, 0.2) is 0 Å². The van der Waals surface area contributed by atoms with Gasteiger partial charge in [0.05, 0.1) is 20.3 Å². The van der Waals surface area contributed by atoms with E-state index >= 15 is 0 Å². The van der Waals surface area contributed by atoms with Crippen molar-refractivity contribution in [2.75, 3.05) is 26.8 Å². The van der Waals surface area contributed by atoms with Crippen LogP contribution in [-0.2, 0) is 19.1 Å². The molecule has 0 aromatic heterocycles. The summed E-state index contributed by atoms with van der Waals surface area (Å²) in [5.41, 5.74) is 0. The highest BCUT2D eigenvalue weighted by Crippen LogP contribution is 1.80. The molecule has 0 aliphatic carbocycles. The van der Waals surface area contributed by atoms with Crippen molar-refractivity contribution in [3.63, 3.8) is 0 Å². The number of methoxy groups -OCH3 is 1. The zero-order valence-electron chi connectivity index (χ0n) is 8.41. The van der Waals surface area contributed by atoms with Gasteiger partial charge in [0.2, 0.25) is 0 Å². The van der Waals surface area contributed by atoms with Crippen LogP contribution in [0.15, 0.2) is 12.2 Å². The van der Waals surface area contributed by atoms with E-state index in [0.29, 0.717) is 13.2 Å². The fourth-order valence-electron chi connectivity index (χ4n) is 0.675. The molecule has 0 atom stereocenters. The van der Waals surface area contributed by atoms with Crippen molar-refractivity contribution < 1.29 is 19.1 Å². The first kappa shape index (κ1) is 12.6. The number of carbonyl (C=O) groups excluding carboxylic acids is 2. The summed E-state index contributed by atoms with van der Waals surface area (Å²) in [6.45, 7) is 2.65. The molecular formula is C9H15NO4. The quantitative estimate of drug-likeness (QED) is 0.368. The lowest BCUT2D eigenvalue weighted by atomic mass is 10.5. The summed E-state index contributed by atoms with van der Waals surface area (Å²) in [4.78, 5) is 21.4. The minimum absolute atomic E-state index is 0.129. The Morgan fingerprint density at radius 1 is 1.43 bits per heavy atom. The molecular weight excluding hydrogens is 186 g/mol. The fraction of sp³-hybridized carbons (Fsp3) is 0.556. The predicted molar refractivity (Wildman–Crippen MR) is 50.7 cm³/mol. The Kier molecular flexibility index (Phi) is 7.45. The van der Waals surface area contributed by atoms with E-state index in [-0.39, 0.29) is 18.5 Å². The first-order valence-electron chi connectivity index (χ1n) is 4.31. The van der Waals surface area contributed by atoms with Crippen molar-refractivity contribution in [2.24, 2.45) is 0 Å². The molecule has 0 heterocycles. The molecule has 0 aromatic rings. The van der Waals surface area contributed by atoms with Crippen LogP contribution in [-0.4, -0.2) is 38.7 Å². The van der Waals surface area contributed by atoms with Gasteiger partial charge in [-0.3, -0.25) is 4.79 Å². The van der Waals surface area contributed by atoms with Crippen LogP contribution < -0.4 is 5.32 Å². The minimum Gasteiger partial charge on any atom is -0.468 e. The summed E-state index contributed by atoms with van der Waals surface area (Å²) in [5, 5.41) is 2.76. The van der Waals surface area contributed by atoms with E-state index in [4.69, 9.17) is 0 Å².